The van der Waals surface area contributed by atoms with Gasteiger partial charge in [0.2, 0.25) is 0 Å². The first kappa shape index (κ1) is 13.5. The molecule has 0 aliphatic heterocycles. The van der Waals surface area contributed by atoms with Crippen molar-refractivity contribution >= 4 is 11.6 Å². The van der Waals surface area contributed by atoms with E-state index in [0.29, 0.717) is 16.5 Å². The zero-order valence-electron chi connectivity index (χ0n) is 11.2. The van der Waals surface area contributed by atoms with Crippen LogP contribution in [0, 0.1) is 0 Å². The summed E-state index contributed by atoms with van der Waals surface area (Å²) in [5.41, 5.74) is 1.13. The normalized spacial score (nSPS) is 16.8. The van der Waals surface area contributed by atoms with Crippen LogP contribution in [0.2, 0.25) is 5.02 Å². The van der Waals surface area contributed by atoms with E-state index >= 15 is 0 Å². The van der Waals surface area contributed by atoms with E-state index in [2.05, 4.69) is 13.8 Å². The second-order valence-electron chi connectivity index (χ2n) is 5.07. The van der Waals surface area contributed by atoms with Crippen molar-refractivity contribution in [1.29, 1.82) is 0 Å². The molecule has 1 N–H and O–H groups in total. The third kappa shape index (κ3) is 2.06. The lowest BCUT2D eigenvalue weighted by Gasteiger charge is -2.23. The van der Waals surface area contributed by atoms with Crippen molar-refractivity contribution in [2.45, 2.75) is 38.2 Å². The molecule has 0 saturated heterocycles. The fourth-order valence-corrected chi connectivity index (χ4v) is 2.63. The number of ether oxygens (including phenoxy) is 2. The van der Waals surface area contributed by atoms with E-state index in [1.165, 1.54) is 0 Å². The Balaban J connectivity index is 2.70. The van der Waals surface area contributed by atoms with E-state index in [1.54, 1.807) is 14.2 Å². The fourth-order valence-electron chi connectivity index (χ4n) is 2.36. The quantitative estimate of drug-likeness (QED) is 0.911. The van der Waals surface area contributed by atoms with Crippen molar-refractivity contribution in [2.24, 2.45) is 0 Å². The van der Waals surface area contributed by atoms with Gasteiger partial charge in [-0.1, -0.05) is 25.4 Å². The van der Waals surface area contributed by atoms with Crippen molar-refractivity contribution in [3.8, 4) is 11.5 Å². The number of methoxy groups -OCH3 is 2. The maximum absolute atomic E-state index is 10.4. The van der Waals surface area contributed by atoms with E-state index in [4.69, 9.17) is 21.1 Å². The Morgan fingerprint density at radius 1 is 1.22 bits per heavy atom. The second-order valence-corrected chi connectivity index (χ2v) is 5.48. The van der Waals surface area contributed by atoms with Gasteiger partial charge in [0.1, 0.15) is 0 Å². The molecule has 0 aromatic heterocycles. The van der Waals surface area contributed by atoms with Crippen LogP contribution in [-0.4, -0.2) is 19.3 Å². The number of halogens is 1. The summed E-state index contributed by atoms with van der Waals surface area (Å²) in [5, 5.41) is 10.9. The first-order valence-corrected chi connectivity index (χ1v) is 6.49. The minimum absolute atomic E-state index is 0.228. The molecule has 1 fully saturated rings. The molecule has 4 heteroatoms. The van der Waals surface area contributed by atoms with Crippen molar-refractivity contribution in [3.05, 3.63) is 22.2 Å². The summed E-state index contributed by atoms with van der Waals surface area (Å²) in [6.45, 7) is 4.14. The van der Waals surface area contributed by atoms with Gasteiger partial charge in [0.25, 0.3) is 0 Å². The molecule has 1 saturated carbocycles. The molecule has 0 bridgehead atoms. The van der Waals surface area contributed by atoms with Crippen LogP contribution >= 0.6 is 11.6 Å². The molecule has 1 aliphatic carbocycles. The maximum atomic E-state index is 10.4. The highest BCUT2D eigenvalue weighted by Crippen LogP contribution is 2.53. The molecule has 0 unspecified atom stereocenters. The highest BCUT2D eigenvalue weighted by atomic mass is 35.5. The molecular weight excluding hydrogens is 252 g/mol. The molecule has 1 aliphatic rings. The molecular formula is C14H19ClO3. The Morgan fingerprint density at radius 3 is 2.17 bits per heavy atom. The summed E-state index contributed by atoms with van der Waals surface area (Å²) in [7, 11) is 3.17. The standard InChI is InChI=1S/C14H19ClO3/c1-8(2)11-9(14(16)5-6-14)7-10(15)12(17-3)13(11)18-4/h7-8,16H,5-6H2,1-4H3. The average Bonchev–Trinajstić information content (AvgIpc) is 3.06. The topological polar surface area (TPSA) is 38.7 Å². The monoisotopic (exact) mass is 270 g/mol. The van der Waals surface area contributed by atoms with Crippen LogP contribution in [0.3, 0.4) is 0 Å². The summed E-state index contributed by atoms with van der Waals surface area (Å²) >= 11 is 6.21. The molecule has 1 aromatic carbocycles. The molecule has 0 atom stereocenters. The average molecular weight is 271 g/mol. The molecule has 0 amide bonds. The van der Waals surface area contributed by atoms with Gasteiger partial charge in [0.15, 0.2) is 11.5 Å². The number of rotatable bonds is 4. The van der Waals surface area contributed by atoms with Gasteiger partial charge in [-0.2, -0.15) is 0 Å². The highest BCUT2D eigenvalue weighted by molar-refractivity contribution is 6.32. The van der Waals surface area contributed by atoms with Gasteiger partial charge in [-0.05, 0) is 30.4 Å². The van der Waals surface area contributed by atoms with Gasteiger partial charge < -0.3 is 14.6 Å². The molecule has 1 aromatic rings. The predicted molar refractivity (Wildman–Crippen MR) is 71.8 cm³/mol. The van der Waals surface area contributed by atoms with E-state index < -0.39 is 5.60 Å². The first-order valence-electron chi connectivity index (χ1n) is 6.12. The molecule has 2 rings (SSSR count). The summed E-state index contributed by atoms with van der Waals surface area (Å²) in [5.74, 6) is 1.40. The molecule has 0 radical (unpaired) electrons. The van der Waals surface area contributed by atoms with E-state index in [0.717, 1.165) is 24.0 Å². The lowest BCUT2D eigenvalue weighted by atomic mass is 9.91. The Hall–Kier alpha value is -0.930. The second kappa shape index (κ2) is 4.63. The summed E-state index contributed by atoms with van der Waals surface area (Å²) in [4.78, 5) is 0. The first-order chi connectivity index (χ1) is 8.44. The molecule has 0 spiro atoms. The molecule has 0 heterocycles. The van der Waals surface area contributed by atoms with Crippen LogP contribution in [0.1, 0.15) is 43.7 Å². The number of aliphatic hydroxyl groups is 1. The number of hydrogen-bond donors (Lipinski definition) is 1. The van der Waals surface area contributed by atoms with Crippen LogP contribution < -0.4 is 9.47 Å². The molecule has 18 heavy (non-hydrogen) atoms. The van der Waals surface area contributed by atoms with Crippen molar-refractivity contribution in [2.75, 3.05) is 14.2 Å². The Morgan fingerprint density at radius 2 is 1.78 bits per heavy atom. The van der Waals surface area contributed by atoms with Gasteiger partial charge >= 0.3 is 0 Å². The summed E-state index contributed by atoms with van der Waals surface area (Å²) in [6.07, 6.45) is 1.55. The Labute approximate surface area is 113 Å². The Kier molecular flexibility index (Phi) is 3.47. The minimum atomic E-state index is -0.733. The van der Waals surface area contributed by atoms with Gasteiger partial charge in [-0.3, -0.25) is 0 Å². The lowest BCUT2D eigenvalue weighted by molar-refractivity contribution is 0.149. The third-order valence-corrected chi connectivity index (χ3v) is 3.72. The van der Waals surface area contributed by atoms with Crippen molar-refractivity contribution in [1.82, 2.24) is 0 Å². The van der Waals surface area contributed by atoms with Crippen LogP contribution in [0.15, 0.2) is 6.07 Å². The SMILES string of the molecule is COc1c(Cl)cc(C2(O)CC2)c(C(C)C)c1OC. The Bertz CT molecular complexity index is 465. The predicted octanol–water partition coefficient (Wildman–Crippen LogP) is 3.46. The largest absolute Gasteiger partial charge is 0.492 e. The fraction of sp³-hybridized carbons (Fsp3) is 0.571. The van der Waals surface area contributed by atoms with Gasteiger partial charge in [-0.25, -0.2) is 0 Å². The maximum Gasteiger partial charge on any atom is 0.179 e. The van der Waals surface area contributed by atoms with Crippen molar-refractivity contribution in [3.63, 3.8) is 0 Å². The molecule has 3 nitrogen and oxygen atoms in total. The highest BCUT2D eigenvalue weighted by Gasteiger charge is 2.45. The zero-order valence-corrected chi connectivity index (χ0v) is 12.0. The van der Waals surface area contributed by atoms with E-state index in [-0.39, 0.29) is 5.92 Å². The zero-order chi connectivity index (χ0) is 13.5. The number of hydrogen-bond acceptors (Lipinski definition) is 3. The summed E-state index contributed by atoms with van der Waals surface area (Å²) < 4.78 is 10.8. The van der Waals surface area contributed by atoms with Crippen molar-refractivity contribution < 1.29 is 14.6 Å². The van der Waals surface area contributed by atoms with E-state index in [9.17, 15) is 5.11 Å². The molecule has 100 valence electrons. The smallest absolute Gasteiger partial charge is 0.179 e. The van der Waals surface area contributed by atoms with Gasteiger partial charge in [0, 0.05) is 5.56 Å². The number of benzene rings is 1. The lowest BCUT2D eigenvalue weighted by Crippen LogP contribution is -2.12. The third-order valence-electron chi connectivity index (χ3n) is 3.44. The van der Waals surface area contributed by atoms with Gasteiger partial charge in [0.05, 0.1) is 24.8 Å². The van der Waals surface area contributed by atoms with Crippen LogP contribution in [-0.2, 0) is 5.60 Å². The van der Waals surface area contributed by atoms with Gasteiger partial charge in [-0.15, -0.1) is 0 Å². The minimum Gasteiger partial charge on any atom is -0.492 e. The van der Waals surface area contributed by atoms with Crippen LogP contribution in [0.4, 0.5) is 0 Å². The van der Waals surface area contributed by atoms with E-state index in [1.807, 2.05) is 6.07 Å². The van der Waals surface area contributed by atoms with Crippen LogP contribution in [0.25, 0.3) is 0 Å². The summed E-state index contributed by atoms with van der Waals surface area (Å²) in [6, 6.07) is 1.81. The van der Waals surface area contributed by atoms with Crippen LogP contribution in [0.5, 0.6) is 11.5 Å².